The zero-order valence-electron chi connectivity index (χ0n) is 10.7. The molecule has 0 spiro atoms. The van der Waals surface area contributed by atoms with Gasteiger partial charge >= 0.3 is 0 Å². The highest BCUT2D eigenvalue weighted by Crippen LogP contribution is 2.22. The normalized spacial score (nSPS) is 10.6. The summed E-state index contributed by atoms with van der Waals surface area (Å²) >= 11 is 0. The van der Waals surface area contributed by atoms with Gasteiger partial charge in [-0.2, -0.15) is 0 Å². The van der Waals surface area contributed by atoms with Crippen LogP contribution >= 0.6 is 0 Å². The molecule has 0 aliphatic carbocycles. The lowest BCUT2D eigenvalue weighted by atomic mass is 10.1. The van der Waals surface area contributed by atoms with Crippen molar-refractivity contribution in [1.82, 2.24) is 9.55 Å². The van der Waals surface area contributed by atoms with Crippen molar-refractivity contribution < 1.29 is 4.42 Å². The fraction of sp³-hybridized carbons (Fsp3) is 0.133. The number of oxazole rings is 1. The SMILES string of the molecule is Cn1ccc(CNc2cccc(-c3cnco3)c2)c1. The van der Waals surface area contributed by atoms with Crippen molar-refractivity contribution in [2.24, 2.45) is 7.05 Å². The number of anilines is 1. The molecule has 3 rings (SSSR count). The Kier molecular flexibility index (Phi) is 3.06. The summed E-state index contributed by atoms with van der Waals surface area (Å²) in [4.78, 5) is 3.93. The van der Waals surface area contributed by atoms with Gasteiger partial charge in [-0.1, -0.05) is 12.1 Å². The van der Waals surface area contributed by atoms with Gasteiger partial charge in [0.2, 0.25) is 0 Å². The first-order valence-corrected chi connectivity index (χ1v) is 6.15. The Morgan fingerprint density at radius 3 is 3.00 bits per heavy atom. The van der Waals surface area contributed by atoms with Crippen LogP contribution in [0.4, 0.5) is 5.69 Å². The molecule has 2 aromatic heterocycles. The third kappa shape index (κ3) is 2.68. The van der Waals surface area contributed by atoms with Crippen LogP contribution in [0.1, 0.15) is 5.56 Å². The highest BCUT2D eigenvalue weighted by molar-refractivity contribution is 5.63. The molecule has 0 amide bonds. The molecule has 1 aromatic carbocycles. The molecule has 1 N–H and O–H groups in total. The number of rotatable bonds is 4. The topological polar surface area (TPSA) is 43.0 Å². The number of aromatic nitrogens is 2. The molecule has 3 aromatic rings. The first kappa shape index (κ1) is 11.6. The smallest absolute Gasteiger partial charge is 0.181 e. The average Bonchev–Trinajstić information content (AvgIpc) is 3.08. The van der Waals surface area contributed by atoms with Gasteiger partial charge in [0, 0.05) is 37.2 Å². The summed E-state index contributed by atoms with van der Waals surface area (Å²) in [7, 11) is 2.02. The minimum Gasteiger partial charge on any atom is -0.444 e. The second-order valence-electron chi connectivity index (χ2n) is 4.49. The fourth-order valence-corrected chi connectivity index (χ4v) is 2.01. The van der Waals surface area contributed by atoms with Crippen LogP contribution in [0.3, 0.4) is 0 Å². The summed E-state index contributed by atoms with van der Waals surface area (Å²) in [6.07, 6.45) is 7.31. The van der Waals surface area contributed by atoms with E-state index in [1.54, 1.807) is 6.20 Å². The largest absolute Gasteiger partial charge is 0.444 e. The molecule has 0 atom stereocenters. The van der Waals surface area contributed by atoms with Crippen LogP contribution in [0, 0.1) is 0 Å². The molecule has 0 radical (unpaired) electrons. The molecule has 0 aliphatic heterocycles. The number of aryl methyl sites for hydroxylation is 1. The van der Waals surface area contributed by atoms with E-state index in [0.29, 0.717) is 0 Å². The molecule has 0 fully saturated rings. The Morgan fingerprint density at radius 1 is 1.32 bits per heavy atom. The van der Waals surface area contributed by atoms with Crippen molar-refractivity contribution in [2.45, 2.75) is 6.54 Å². The molecular weight excluding hydrogens is 238 g/mol. The third-order valence-electron chi connectivity index (χ3n) is 2.97. The summed E-state index contributed by atoms with van der Waals surface area (Å²) in [5, 5.41) is 3.40. The van der Waals surface area contributed by atoms with Gasteiger partial charge in [0.15, 0.2) is 12.2 Å². The van der Waals surface area contributed by atoms with Crippen LogP contribution in [0.2, 0.25) is 0 Å². The first-order valence-electron chi connectivity index (χ1n) is 6.15. The minimum absolute atomic E-state index is 0.781. The summed E-state index contributed by atoms with van der Waals surface area (Å²) in [5.74, 6) is 0.781. The molecule has 4 nitrogen and oxygen atoms in total. The molecular formula is C15H15N3O. The molecule has 0 aliphatic rings. The molecule has 0 saturated heterocycles. The molecule has 2 heterocycles. The van der Waals surface area contributed by atoms with E-state index in [1.165, 1.54) is 12.0 Å². The van der Waals surface area contributed by atoms with E-state index in [9.17, 15) is 0 Å². The molecule has 96 valence electrons. The van der Waals surface area contributed by atoms with Crippen LogP contribution in [-0.2, 0) is 13.6 Å². The maximum Gasteiger partial charge on any atom is 0.181 e. The van der Waals surface area contributed by atoms with Crippen molar-refractivity contribution in [3.05, 3.63) is 60.9 Å². The lowest BCUT2D eigenvalue weighted by Gasteiger charge is -2.06. The average molecular weight is 253 g/mol. The van der Waals surface area contributed by atoms with Crippen molar-refractivity contribution in [3.8, 4) is 11.3 Å². The van der Waals surface area contributed by atoms with Crippen LogP contribution in [-0.4, -0.2) is 9.55 Å². The van der Waals surface area contributed by atoms with Crippen molar-refractivity contribution >= 4 is 5.69 Å². The van der Waals surface area contributed by atoms with E-state index in [2.05, 4.69) is 28.6 Å². The molecule has 19 heavy (non-hydrogen) atoms. The van der Waals surface area contributed by atoms with E-state index in [1.807, 2.05) is 36.0 Å². The Hall–Kier alpha value is -2.49. The lowest BCUT2D eigenvalue weighted by Crippen LogP contribution is -1.98. The van der Waals surface area contributed by atoms with Crippen LogP contribution in [0.15, 0.2) is 59.7 Å². The molecule has 0 bridgehead atoms. The second kappa shape index (κ2) is 5.02. The van der Waals surface area contributed by atoms with Gasteiger partial charge in [0.05, 0.1) is 6.20 Å². The predicted molar refractivity (Wildman–Crippen MR) is 74.7 cm³/mol. The third-order valence-corrected chi connectivity index (χ3v) is 2.97. The number of nitrogens with one attached hydrogen (secondary N) is 1. The second-order valence-corrected chi connectivity index (χ2v) is 4.49. The standard InChI is InChI=1S/C15H15N3O/c1-18-6-5-12(10-18)8-17-14-4-2-3-13(7-14)15-9-16-11-19-15/h2-7,9-11,17H,8H2,1H3. The summed E-state index contributed by atoms with van der Waals surface area (Å²) in [5.41, 5.74) is 3.35. The van der Waals surface area contributed by atoms with Crippen molar-refractivity contribution in [3.63, 3.8) is 0 Å². The number of benzene rings is 1. The lowest BCUT2D eigenvalue weighted by molar-refractivity contribution is 0.572. The van der Waals surface area contributed by atoms with Gasteiger partial charge in [-0.25, -0.2) is 4.98 Å². The van der Waals surface area contributed by atoms with Gasteiger partial charge in [-0.3, -0.25) is 0 Å². The van der Waals surface area contributed by atoms with Crippen LogP contribution < -0.4 is 5.32 Å². The maximum absolute atomic E-state index is 5.30. The summed E-state index contributed by atoms with van der Waals surface area (Å²) in [6.45, 7) is 0.806. The van der Waals surface area contributed by atoms with Gasteiger partial charge in [-0.15, -0.1) is 0 Å². The molecule has 0 saturated carbocycles. The maximum atomic E-state index is 5.30. The van der Waals surface area contributed by atoms with Crippen LogP contribution in [0.25, 0.3) is 11.3 Å². The summed E-state index contributed by atoms with van der Waals surface area (Å²) in [6, 6.07) is 10.2. The Balaban J connectivity index is 1.73. The number of hydrogen-bond acceptors (Lipinski definition) is 3. The van der Waals surface area contributed by atoms with Gasteiger partial charge < -0.3 is 14.3 Å². The van der Waals surface area contributed by atoms with E-state index in [-0.39, 0.29) is 0 Å². The highest BCUT2D eigenvalue weighted by atomic mass is 16.3. The van der Waals surface area contributed by atoms with Crippen molar-refractivity contribution in [1.29, 1.82) is 0 Å². The monoisotopic (exact) mass is 253 g/mol. The Morgan fingerprint density at radius 2 is 2.26 bits per heavy atom. The minimum atomic E-state index is 0.781. The zero-order valence-corrected chi connectivity index (χ0v) is 10.7. The van der Waals surface area contributed by atoms with Gasteiger partial charge in [-0.05, 0) is 23.8 Å². The van der Waals surface area contributed by atoms with Gasteiger partial charge in [0.25, 0.3) is 0 Å². The van der Waals surface area contributed by atoms with Gasteiger partial charge in [0.1, 0.15) is 0 Å². The molecule has 4 heteroatoms. The first-order chi connectivity index (χ1) is 9.31. The number of hydrogen-bond donors (Lipinski definition) is 1. The summed E-state index contributed by atoms with van der Waals surface area (Å²) < 4.78 is 7.34. The van der Waals surface area contributed by atoms with Crippen molar-refractivity contribution in [2.75, 3.05) is 5.32 Å². The Labute approximate surface area is 111 Å². The van der Waals surface area contributed by atoms with E-state index in [0.717, 1.165) is 23.6 Å². The van der Waals surface area contributed by atoms with E-state index in [4.69, 9.17) is 4.42 Å². The fourth-order valence-electron chi connectivity index (χ4n) is 2.01. The predicted octanol–water partition coefficient (Wildman–Crippen LogP) is 3.29. The van der Waals surface area contributed by atoms with E-state index < -0.39 is 0 Å². The highest BCUT2D eigenvalue weighted by Gasteiger charge is 2.02. The Bertz CT molecular complexity index is 656. The van der Waals surface area contributed by atoms with E-state index >= 15 is 0 Å². The number of nitrogens with zero attached hydrogens (tertiary/aromatic N) is 2. The zero-order chi connectivity index (χ0) is 13.1. The molecule has 0 unspecified atom stereocenters. The van der Waals surface area contributed by atoms with Crippen LogP contribution in [0.5, 0.6) is 0 Å². The quantitative estimate of drug-likeness (QED) is 0.775.